The van der Waals surface area contributed by atoms with E-state index in [1.165, 1.54) is 6.07 Å². The number of primary sulfonamides is 1. The number of hydrogen-bond acceptors (Lipinski definition) is 4. The highest BCUT2D eigenvalue weighted by molar-refractivity contribution is 9.11. The Balaban J connectivity index is 2.18. The van der Waals surface area contributed by atoms with Gasteiger partial charge in [-0.15, -0.1) is 0 Å². The van der Waals surface area contributed by atoms with Gasteiger partial charge >= 0.3 is 5.97 Å². The van der Waals surface area contributed by atoms with Crippen molar-refractivity contribution in [2.45, 2.75) is 4.90 Å². The molecule has 25 heavy (non-hydrogen) atoms. The van der Waals surface area contributed by atoms with E-state index < -0.39 is 26.7 Å². The van der Waals surface area contributed by atoms with E-state index in [1.807, 2.05) is 6.07 Å². The van der Waals surface area contributed by atoms with Crippen LogP contribution in [0.4, 0.5) is 4.39 Å². The zero-order valence-corrected chi connectivity index (χ0v) is 16.4. The van der Waals surface area contributed by atoms with Crippen molar-refractivity contribution in [2.75, 3.05) is 6.61 Å². The van der Waals surface area contributed by atoms with Gasteiger partial charge < -0.3 is 4.74 Å². The van der Waals surface area contributed by atoms with Crippen molar-refractivity contribution in [1.29, 1.82) is 0 Å². The number of ether oxygens (including phenoxy) is 1. The monoisotopic (exact) mass is 489 g/mol. The molecule has 0 fully saturated rings. The molecule has 9 heteroatoms. The van der Waals surface area contributed by atoms with Gasteiger partial charge in [0.2, 0.25) is 10.0 Å². The molecule has 1 aliphatic heterocycles. The molecule has 2 N–H and O–H groups in total. The summed E-state index contributed by atoms with van der Waals surface area (Å²) < 4.78 is 43.4. The summed E-state index contributed by atoms with van der Waals surface area (Å²) in [4.78, 5) is 11.6. The average molecular weight is 491 g/mol. The van der Waals surface area contributed by atoms with Crippen LogP contribution in [0.25, 0.3) is 11.1 Å². The van der Waals surface area contributed by atoms with Gasteiger partial charge in [-0.25, -0.2) is 22.7 Å². The summed E-state index contributed by atoms with van der Waals surface area (Å²) in [7, 11) is -4.16. The fraction of sp³-hybridized carbons (Fsp3) is 0.0625. The van der Waals surface area contributed by atoms with Crippen LogP contribution < -0.4 is 5.14 Å². The summed E-state index contributed by atoms with van der Waals surface area (Å²) in [6.45, 7) is -0.0353. The number of carbonyl (C=O) groups is 1. The van der Waals surface area contributed by atoms with Gasteiger partial charge in [0.15, 0.2) is 0 Å². The number of benzene rings is 2. The highest BCUT2D eigenvalue weighted by Gasteiger charge is 2.28. The molecule has 1 aliphatic rings. The Hall–Kier alpha value is -1.55. The summed E-state index contributed by atoms with van der Waals surface area (Å²) in [6.07, 6.45) is 0. The maximum atomic E-state index is 14.1. The van der Waals surface area contributed by atoms with E-state index in [1.54, 1.807) is 12.1 Å². The third-order valence-corrected chi connectivity index (χ3v) is 5.45. The van der Waals surface area contributed by atoms with E-state index in [0.717, 1.165) is 21.1 Å². The van der Waals surface area contributed by atoms with Gasteiger partial charge in [0, 0.05) is 14.5 Å². The highest BCUT2D eigenvalue weighted by atomic mass is 79.9. The van der Waals surface area contributed by atoms with Crippen molar-refractivity contribution in [1.82, 2.24) is 0 Å². The lowest BCUT2D eigenvalue weighted by Crippen LogP contribution is -2.14. The summed E-state index contributed by atoms with van der Waals surface area (Å²) in [6, 6.07) is 8.79. The van der Waals surface area contributed by atoms with Crippen LogP contribution in [0.1, 0.15) is 11.1 Å². The van der Waals surface area contributed by atoms with Gasteiger partial charge in [0.1, 0.15) is 17.3 Å². The van der Waals surface area contributed by atoms with Gasteiger partial charge in [-0.1, -0.05) is 37.9 Å². The second-order valence-corrected chi connectivity index (χ2v) is 8.64. The number of nitrogens with two attached hydrogens (primary N) is 1. The van der Waals surface area contributed by atoms with E-state index in [0.29, 0.717) is 22.3 Å². The van der Waals surface area contributed by atoms with Crippen LogP contribution in [0, 0.1) is 5.82 Å². The number of hydrogen-bond donors (Lipinski definition) is 1. The number of halogens is 3. The second kappa shape index (κ2) is 6.64. The summed E-state index contributed by atoms with van der Waals surface area (Å²) in [5.41, 5.74) is 1.70. The van der Waals surface area contributed by atoms with Crippen LogP contribution in [0.5, 0.6) is 0 Å². The molecule has 0 atom stereocenters. The molecular formula is C16H10Br2FNO4S. The van der Waals surface area contributed by atoms with Crippen LogP contribution in [-0.2, 0) is 19.6 Å². The predicted octanol–water partition coefficient (Wildman–Crippen LogP) is 3.47. The standard InChI is InChI=1S/C16H10Br2FNO4S/c17-10-3-9(4-11(18)6-10)15-12(7-24-16(15)21)8-1-2-14(13(19)5-8)25(20,22)23/h1-6H,7H2,(H2,20,22,23). The first kappa shape index (κ1) is 18.2. The Morgan fingerprint density at radius 3 is 2.24 bits per heavy atom. The van der Waals surface area contributed by atoms with E-state index in [-0.39, 0.29) is 6.61 Å². The minimum atomic E-state index is -4.16. The molecule has 0 saturated carbocycles. The SMILES string of the molecule is NS(=O)(=O)c1ccc(C2=C(c3cc(Br)cc(Br)c3)C(=O)OC2)cc1F. The van der Waals surface area contributed by atoms with Gasteiger partial charge in [-0.05, 0) is 41.5 Å². The Morgan fingerprint density at radius 1 is 1.04 bits per heavy atom. The smallest absolute Gasteiger partial charge is 0.339 e. The molecular weight excluding hydrogens is 481 g/mol. The molecule has 5 nitrogen and oxygen atoms in total. The van der Waals surface area contributed by atoms with Crippen molar-refractivity contribution in [2.24, 2.45) is 5.14 Å². The maximum Gasteiger partial charge on any atom is 0.339 e. The molecule has 0 amide bonds. The summed E-state index contributed by atoms with van der Waals surface area (Å²) in [5.74, 6) is -1.52. The normalized spacial score (nSPS) is 14.8. The van der Waals surface area contributed by atoms with Crippen LogP contribution in [0.15, 0.2) is 50.2 Å². The van der Waals surface area contributed by atoms with Gasteiger partial charge in [0.25, 0.3) is 0 Å². The molecule has 2 aromatic carbocycles. The van der Waals surface area contributed by atoms with E-state index in [4.69, 9.17) is 9.88 Å². The molecule has 0 spiro atoms. The molecule has 0 unspecified atom stereocenters. The first-order valence-electron chi connectivity index (χ1n) is 6.86. The summed E-state index contributed by atoms with van der Waals surface area (Å²) >= 11 is 6.71. The third kappa shape index (κ3) is 3.69. The van der Waals surface area contributed by atoms with Gasteiger partial charge in [-0.2, -0.15) is 0 Å². The number of esters is 1. The molecule has 0 aromatic heterocycles. The van der Waals surface area contributed by atoms with E-state index >= 15 is 0 Å². The largest absolute Gasteiger partial charge is 0.457 e. The van der Waals surface area contributed by atoms with Crippen molar-refractivity contribution in [3.8, 4) is 0 Å². The Kier molecular flexibility index (Phi) is 4.84. The number of sulfonamides is 1. The van der Waals surface area contributed by atoms with Crippen molar-refractivity contribution in [3.63, 3.8) is 0 Å². The van der Waals surface area contributed by atoms with Crippen LogP contribution in [0.2, 0.25) is 0 Å². The van der Waals surface area contributed by atoms with Gasteiger partial charge in [0.05, 0.1) is 5.57 Å². The van der Waals surface area contributed by atoms with Crippen molar-refractivity contribution < 1.29 is 22.3 Å². The lowest BCUT2D eigenvalue weighted by atomic mass is 9.97. The summed E-state index contributed by atoms with van der Waals surface area (Å²) in [5, 5.41) is 4.97. The molecule has 0 radical (unpaired) electrons. The minimum Gasteiger partial charge on any atom is -0.457 e. The lowest BCUT2D eigenvalue weighted by molar-refractivity contribution is -0.133. The quantitative estimate of drug-likeness (QED) is 0.667. The number of carbonyl (C=O) groups excluding carboxylic acids is 1. The predicted molar refractivity (Wildman–Crippen MR) is 97.4 cm³/mol. The van der Waals surface area contributed by atoms with Crippen molar-refractivity contribution >= 4 is 59.0 Å². The van der Waals surface area contributed by atoms with E-state index in [2.05, 4.69) is 31.9 Å². The van der Waals surface area contributed by atoms with Crippen LogP contribution in [-0.4, -0.2) is 21.0 Å². The zero-order chi connectivity index (χ0) is 18.4. The minimum absolute atomic E-state index is 0.0353. The zero-order valence-electron chi connectivity index (χ0n) is 12.4. The fourth-order valence-electron chi connectivity index (χ4n) is 2.54. The van der Waals surface area contributed by atoms with Crippen molar-refractivity contribution in [3.05, 3.63) is 62.3 Å². The first-order valence-corrected chi connectivity index (χ1v) is 9.99. The molecule has 0 aliphatic carbocycles. The number of rotatable bonds is 3. The first-order chi connectivity index (χ1) is 11.7. The van der Waals surface area contributed by atoms with Crippen LogP contribution in [0.3, 0.4) is 0 Å². The topological polar surface area (TPSA) is 86.5 Å². The third-order valence-electron chi connectivity index (χ3n) is 3.59. The molecule has 2 aromatic rings. The lowest BCUT2D eigenvalue weighted by Gasteiger charge is -2.08. The Labute approximate surface area is 160 Å². The number of cyclic esters (lactones) is 1. The Bertz CT molecular complexity index is 1010. The van der Waals surface area contributed by atoms with Gasteiger partial charge in [-0.3, -0.25) is 0 Å². The second-order valence-electron chi connectivity index (χ2n) is 5.28. The highest BCUT2D eigenvalue weighted by Crippen LogP contribution is 2.36. The fourth-order valence-corrected chi connectivity index (χ4v) is 4.42. The average Bonchev–Trinajstić information content (AvgIpc) is 2.86. The molecule has 0 saturated heterocycles. The molecule has 0 bridgehead atoms. The molecule has 3 rings (SSSR count). The van der Waals surface area contributed by atoms with E-state index in [9.17, 15) is 17.6 Å². The molecule has 130 valence electrons. The molecule has 1 heterocycles. The Morgan fingerprint density at radius 2 is 1.68 bits per heavy atom. The maximum absolute atomic E-state index is 14.1. The van der Waals surface area contributed by atoms with Crippen LogP contribution >= 0.6 is 31.9 Å².